The van der Waals surface area contributed by atoms with Gasteiger partial charge in [-0.15, -0.1) is 0 Å². The van der Waals surface area contributed by atoms with E-state index in [1.165, 1.54) is 6.39 Å². The molecular formula is C18H18N6O2. The smallest absolute Gasteiger partial charge is 0.214 e. The van der Waals surface area contributed by atoms with E-state index in [9.17, 15) is 4.79 Å². The highest BCUT2D eigenvalue weighted by atomic mass is 16.5. The molecule has 1 saturated carbocycles. The minimum atomic E-state index is -0.0573. The number of fused-ring (bicyclic) bond motifs is 1. The van der Waals surface area contributed by atoms with Crippen LogP contribution in [0.5, 0.6) is 0 Å². The maximum atomic E-state index is 12.1. The Bertz CT molecular complexity index is 956. The minimum absolute atomic E-state index is 0.0111. The quantitative estimate of drug-likeness (QED) is 0.725. The molecule has 3 aromatic rings. The summed E-state index contributed by atoms with van der Waals surface area (Å²) < 4.78 is 4.88. The van der Waals surface area contributed by atoms with Gasteiger partial charge in [-0.25, -0.2) is 4.98 Å². The van der Waals surface area contributed by atoms with Crippen LogP contribution in [-0.4, -0.2) is 31.9 Å². The third kappa shape index (κ3) is 3.04. The first-order chi connectivity index (χ1) is 12.8. The van der Waals surface area contributed by atoms with Crippen LogP contribution in [-0.2, 0) is 4.79 Å². The van der Waals surface area contributed by atoms with Gasteiger partial charge in [-0.3, -0.25) is 4.79 Å². The van der Waals surface area contributed by atoms with E-state index in [2.05, 4.69) is 25.4 Å². The first-order valence-corrected chi connectivity index (χ1v) is 8.65. The van der Waals surface area contributed by atoms with Gasteiger partial charge in [0, 0.05) is 29.7 Å². The van der Waals surface area contributed by atoms with Gasteiger partial charge in [0.2, 0.25) is 12.2 Å². The van der Waals surface area contributed by atoms with E-state index in [0.717, 1.165) is 48.0 Å². The fourth-order valence-corrected chi connectivity index (χ4v) is 3.66. The second-order valence-corrected chi connectivity index (χ2v) is 6.55. The molecule has 3 heterocycles. The molecule has 26 heavy (non-hydrogen) atoms. The van der Waals surface area contributed by atoms with Gasteiger partial charge in [0.15, 0.2) is 0 Å². The molecule has 1 unspecified atom stereocenters. The molecular weight excluding hydrogens is 332 g/mol. The molecule has 0 bridgehead atoms. The molecule has 8 heteroatoms. The number of nitrogens with zero attached hydrogens (tertiary/aromatic N) is 4. The average Bonchev–Trinajstić information content (AvgIpc) is 3.34. The zero-order valence-electron chi connectivity index (χ0n) is 14.1. The maximum Gasteiger partial charge on any atom is 0.214 e. The van der Waals surface area contributed by atoms with Gasteiger partial charge < -0.3 is 14.8 Å². The molecule has 1 fully saturated rings. The van der Waals surface area contributed by atoms with Gasteiger partial charge in [0.1, 0.15) is 11.4 Å². The first-order valence-electron chi connectivity index (χ1n) is 8.65. The summed E-state index contributed by atoms with van der Waals surface area (Å²) >= 11 is 0. The lowest BCUT2D eigenvalue weighted by atomic mass is 9.82. The second kappa shape index (κ2) is 6.96. The van der Waals surface area contributed by atoms with E-state index in [-0.39, 0.29) is 24.2 Å². The summed E-state index contributed by atoms with van der Waals surface area (Å²) in [5, 5.41) is 17.2. The number of nitriles is 1. The van der Waals surface area contributed by atoms with Gasteiger partial charge in [-0.05, 0) is 25.3 Å². The van der Waals surface area contributed by atoms with E-state index < -0.39 is 0 Å². The van der Waals surface area contributed by atoms with Crippen molar-refractivity contribution in [3.05, 3.63) is 24.9 Å². The zero-order valence-corrected chi connectivity index (χ0v) is 14.1. The van der Waals surface area contributed by atoms with Crippen molar-refractivity contribution in [2.75, 3.05) is 5.32 Å². The van der Waals surface area contributed by atoms with Gasteiger partial charge in [0.25, 0.3) is 0 Å². The Hall–Kier alpha value is -3.21. The van der Waals surface area contributed by atoms with Gasteiger partial charge in [0.05, 0.1) is 23.7 Å². The molecule has 8 nitrogen and oxygen atoms in total. The normalized spacial score (nSPS) is 20.0. The molecule has 0 saturated heterocycles. The summed E-state index contributed by atoms with van der Waals surface area (Å²) in [7, 11) is 0. The van der Waals surface area contributed by atoms with Crippen molar-refractivity contribution in [1.82, 2.24) is 20.1 Å². The number of aromatic nitrogens is 4. The molecule has 2 N–H and O–H groups in total. The Kier molecular flexibility index (Phi) is 4.35. The number of rotatable bonds is 5. The Labute approximate surface area is 149 Å². The van der Waals surface area contributed by atoms with Crippen LogP contribution in [0, 0.1) is 17.2 Å². The monoisotopic (exact) mass is 350 g/mol. The summed E-state index contributed by atoms with van der Waals surface area (Å²) in [6, 6.07) is 4.06. The molecule has 0 amide bonds. The first kappa shape index (κ1) is 16.3. The van der Waals surface area contributed by atoms with Gasteiger partial charge >= 0.3 is 0 Å². The summed E-state index contributed by atoms with van der Waals surface area (Å²) in [6.45, 7) is 0. The number of ketones is 1. The van der Waals surface area contributed by atoms with Crippen LogP contribution in [0.2, 0.25) is 0 Å². The maximum absolute atomic E-state index is 12.1. The van der Waals surface area contributed by atoms with Crippen LogP contribution >= 0.6 is 0 Å². The van der Waals surface area contributed by atoms with E-state index >= 15 is 0 Å². The highest BCUT2D eigenvalue weighted by Gasteiger charge is 2.28. The van der Waals surface area contributed by atoms with Crippen LogP contribution in [0.15, 0.2) is 29.4 Å². The van der Waals surface area contributed by atoms with Crippen molar-refractivity contribution in [3.8, 4) is 17.5 Å². The number of carbonyl (C=O) groups is 1. The van der Waals surface area contributed by atoms with Gasteiger partial charge in [-0.2, -0.15) is 10.2 Å². The highest BCUT2D eigenvalue weighted by Crippen LogP contribution is 2.35. The average molecular weight is 350 g/mol. The number of nitrogens with one attached hydrogen (secondary N) is 2. The predicted octanol–water partition coefficient (Wildman–Crippen LogP) is 3.07. The largest absolute Gasteiger partial charge is 0.381 e. The number of hydrogen-bond acceptors (Lipinski definition) is 7. The van der Waals surface area contributed by atoms with Crippen LogP contribution in [0.25, 0.3) is 22.4 Å². The number of hydrogen-bond donors (Lipinski definition) is 2. The zero-order chi connectivity index (χ0) is 17.9. The molecule has 2 atom stereocenters. The van der Waals surface area contributed by atoms with Crippen molar-refractivity contribution in [1.29, 1.82) is 5.26 Å². The SMILES string of the molecule is N#CCC(=O)C1CCC[C@@H](Nc2c(-c3ncon3)cnc3[nH]ccc23)C1. The van der Waals surface area contributed by atoms with Crippen LogP contribution in [0.4, 0.5) is 5.69 Å². The number of carbonyl (C=O) groups excluding carboxylic acids is 1. The Morgan fingerprint density at radius 1 is 1.42 bits per heavy atom. The summed E-state index contributed by atoms with van der Waals surface area (Å²) in [6.07, 6.45) is 8.33. The molecule has 0 spiro atoms. The van der Waals surface area contributed by atoms with E-state index in [4.69, 9.17) is 9.78 Å². The van der Waals surface area contributed by atoms with Crippen molar-refractivity contribution in [3.63, 3.8) is 0 Å². The molecule has 4 rings (SSSR count). The third-order valence-corrected chi connectivity index (χ3v) is 4.92. The number of pyridine rings is 1. The number of Topliss-reactive ketones (excluding diaryl/α,β-unsaturated/α-hetero) is 1. The fraction of sp³-hybridized carbons (Fsp3) is 0.389. The van der Waals surface area contributed by atoms with Crippen molar-refractivity contribution >= 4 is 22.5 Å². The number of H-pyrrole nitrogens is 1. The Balaban J connectivity index is 1.64. The van der Waals surface area contributed by atoms with Crippen molar-refractivity contribution in [2.45, 2.75) is 38.1 Å². The molecule has 1 aliphatic carbocycles. The van der Waals surface area contributed by atoms with E-state index in [1.807, 2.05) is 18.3 Å². The summed E-state index contributed by atoms with van der Waals surface area (Å²) in [5.41, 5.74) is 2.42. The van der Waals surface area contributed by atoms with Crippen LogP contribution < -0.4 is 5.32 Å². The predicted molar refractivity (Wildman–Crippen MR) is 94.0 cm³/mol. The standard InChI is InChI=1S/C18H18N6O2/c19-6-4-15(25)11-2-1-3-12(8-11)23-16-13-5-7-20-17(13)21-9-14(16)18-22-10-26-24-18/h5,7,9-12H,1-4,8H2,(H2,20,21,23)/t11?,12-/m1/s1. The van der Waals surface area contributed by atoms with Gasteiger partial charge in [-0.1, -0.05) is 11.6 Å². The summed E-state index contributed by atoms with van der Waals surface area (Å²) in [5.74, 6) is 0.452. The lowest BCUT2D eigenvalue weighted by molar-refractivity contribution is -0.122. The third-order valence-electron chi connectivity index (χ3n) is 4.92. The number of aromatic amines is 1. The Morgan fingerprint density at radius 2 is 2.35 bits per heavy atom. The lowest BCUT2D eigenvalue weighted by Gasteiger charge is -2.30. The second-order valence-electron chi connectivity index (χ2n) is 6.55. The lowest BCUT2D eigenvalue weighted by Crippen LogP contribution is -2.31. The van der Waals surface area contributed by atoms with Crippen molar-refractivity contribution in [2.24, 2.45) is 5.92 Å². The topological polar surface area (TPSA) is 120 Å². The van der Waals surface area contributed by atoms with Crippen LogP contribution in [0.3, 0.4) is 0 Å². The van der Waals surface area contributed by atoms with E-state index in [0.29, 0.717) is 5.82 Å². The molecule has 0 aliphatic heterocycles. The highest BCUT2D eigenvalue weighted by molar-refractivity contribution is 5.97. The minimum Gasteiger partial charge on any atom is -0.381 e. The van der Waals surface area contributed by atoms with E-state index in [1.54, 1.807) is 6.20 Å². The molecule has 3 aromatic heterocycles. The summed E-state index contributed by atoms with van der Waals surface area (Å²) in [4.78, 5) is 23.8. The van der Waals surface area contributed by atoms with Crippen LogP contribution in [0.1, 0.15) is 32.1 Å². The number of anilines is 1. The Morgan fingerprint density at radius 3 is 3.15 bits per heavy atom. The fourth-order valence-electron chi connectivity index (χ4n) is 3.66. The molecule has 0 radical (unpaired) electrons. The molecule has 0 aromatic carbocycles. The van der Waals surface area contributed by atoms with Crippen molar-refractivity contribution < 1.29 is 9.32 Å². The molecule has 1 aliphatic rings. The molecule has 132 valence electrons.